The molecule has 1 aliphatic carbocycles. The molecule has 1 amide bonds. The first-order chi connectivity index (χ1) is 11.2. The Morgan fingerprint density at radius 1 is 1.22 bits per heavy atom. The fourth-order valence-electron chi connectivity index (χ4n) is 3.22. The Morgan fingerprint density at radius 3 is 2.65 bits per heavy atom. The number of hydrogen-bond acceptors (Lipinski definition) is 2. The molecule has 0 aromatic heterocycles. The lowest BCUT2D eigenvalue weighted by atomic mass is 9.95. The zero-order valence-corrected chi connectivity index (χ0v) is 13.0. The van der Waals surface area contributed by atoms with Gasteiger partial charge in [-0.1, -0.05) is 60.7 Å². The molecule has 2 aromatic rings. The van der Waals surface area contributed by atoms with E-state index >= 15 is 0 Å². The first-order valence-electron chi connectivity index (χ1n) is 7.91. The van der Waals surface area contributed by atoms with Gasteiger partial charge in [0.2, 0.25) is 5.91 Å². The van der Waals surface area contributed by atoms with E-state index in [4.69, 9.17) is 0 Å². The second kappa shape index (κ2) is 6.80. The summed E-state index contributed by atoms with van der Waals surface area (Å²) < 4.78 is 0. The molecule has 0 heterocycles. The number of amides is 1. The number of benzene rings is 2. The van der Waals surface area contributed by atoms with Gasteiger partial charge in [0.25, 0.3) is 0 Å². The van der Waals surface area contributed by atoms with E-state index < -0.39 is 6.10 Å². The average Bonchev–Trinajstić information content (AvgIpc) is 2.89. The predicted molar refractivity (Wildman–Crippen MR) is 91.0 cm³/mol. The summed E-state index contributed by atoms with van der Waals surface area (Å²) in [5.41, 5.74) is 3.20. The van der Waals surface area contributed by atoms with Crippen molar-refractivity contribution in [3.8, 4) is 0 Å². The minimum atomic E-state index is -0.560. The van der Waals surface area contributed by atoms with Crippen molar-refractivity contribution in [2.45, 2.75) is 30.9 Å². The normalized spacial score (nSPS) is 20.6. The molecule has 0 saturated carbocycles. The van der Waals surface area contributed by atoms with Crippen molar-refractivity contribution in [3.63, 3.8) is 0 Å². The van der Waals surface area contributed by atoms with Gasteiger partial charge in [-0.3, -0.25) is 4.79 Å². The number of rotatable bonds is 5. The van der Waals surface area contributed by atoms with Crippen LogP contribution in [0.1, 0.15) is 35.1 Å². The number of carbonyl (C=O) groups is 1. The van der Waals surface area contributed by atoms with E-state index in [0.29, 0.717) is 12.8 Å². The van der Waals surface area contributed by atoms with Crippen LogP contribution < -0.4 is 5.32 Å². The SMILES string of the molecule is C=CC(CC(=O)NC1c2ccccc2CC1O)c1ccccc1. The number of fused-ring (bicyclic) bond motifs is 1. The number of allylic oxidation sites excluding steroid dienone is 1. The lowest BCUT2D eigenvalue weighted by Crippen LogP contribution is -2.34. The number of aliphatic hydroxyl groups is 1. The smallest absolute Gasteiger partial charge is 0.221 e. The van der Waals surface area contributed by atoms with E-state index in [1.807, 2.05) is 54.6 Å². The Hall–Kier alpha value is -2.39. The van der Waals surface area contributed by atoms with Crippen molar-refractivity contribution in [2.24, 2.45) is 0 Å². The summed E-state index contributed by atoms with van der Waals surface area (Å²) in [7, 11) is 0. The predicted octanol–water partition coefficient (Wildman–Crippen LogP) is 3.12. The Bertz CT molecular complexity index is 696. The van der Waals surface area contributed by atoms with Gasteiger partial charge in [-0.15, -0.1) is 6.58 Å². The number of hydrogen-bond donors (Lipinski definition) is 2. The highest BCUT2D eigenvalue weighted by Gasteiger charge is 2.32. The molecule has 23 heavy (non-hydrogen) atoms. The summed E-state index contributed by atoms with van der Waals surface area (Å²) in [5, 5.41) is 13.2. The fourth-order valence-corrected chi connectivity index (χ4v) is 3.22. The Kier molecular flexibility index (Phi) is 4.58. The van der Waals surface area contributed by atoms with Crippen LogP contribution in [0, 0.1) is 0 Å². The molecular formula is C20H21NO2. The van der Waals surface area contributed by atoms with Gasteiger partial charge in [0.15, 0.2) is 0 Å². The quantitative estimate of drug-likeness (QED) is 0.834. The van der Waals surface area contributed by atoms with Crippen LogP contribution in [-0.2, 0) is 11.2 Å². The van der Waals surface area contributed by atoms with Gasteiger partial charge in [-0.25, -0.2) is 0 Å². The van der Waals surface area contributed by atoms with Crippen molar-refractivity contribution in [1.82, 2.24) is 5.32 Å². The summed E-state index contributed by atoms with van der Waals surface area (Å²) in [5.74, 6) is -0.0931. The highest BCUT2D eigenvalue weighted by Crippen LogP contribution is 2.31. The average molecular weight is 307 g/mol. The summed E-state index contributed by atoms with van der Waals surface area (Å²) >= 11 is 0. The number of aliphatic hydroxyl groups excluding tert-OH is 1. The molecule has 0 spiro atoms. The Labute approximate surface area is 136 Å². The van der Waals surface area contributed by atoms with Gasteiger partial charge in [0.1, 0.15) is 0 Å². The molecule has 1 aliphatic rings. The van der Waals surface area contributed by atoms with E-state index in [-0.39, 0.29) is 17.9 Å². The topological polar surface area (TPSA) is 49.3 Å². The molecule has 0 aliphatic heterocycles. The Balaban J connectivity index is 1.69. The molecule has 2 aromatic carbocycles. The zero-order valence-electron chi connectivity index (χ0n) is 13.0. The van der Waals surface area contributed by atoms with E-state index in [9.17, 15) is 9.90 Å². The number of nitrogens with one attached hydrogen (secondary N) is 1. The molecule has 0 radical (unpaired) electrons. The zero-order chi connectivity index (χ0) is 16.2. The number of carbonyl (C=O) groups excluding carboxylic acids is 1. The van der Waals surface area contributed by atoms with Crippen LogP contribution >= 0.6 is 0 Å². The van der Waals surface area contributed by atoms with Crippen molar-refractivity contribution in [2.75, 3.05) is 0 Å². The van der Waals surface area contributed by atoms with Gasteiger partial charge < -0.3 is 10.4 Å². The van der Waals surface area contributed by atoms with E-state index in [1.54, 1.807) is 6.08 Å². The lowest BCUT2D eigenvalue weighted by Gasteiger charge is -2.20. The van der Waals surface area contributed by atoms with Crippen LogP contribution in [0.2, 0.25) is 0 Å². The Morgan fingerprint density at radius 2 is 1.91 bits per heavy atom. The van der Waals surface area contributed by atoms with Crippen LogP contribution in [-0.4, -0.2) is 17.1 Å². The van der Waals surface area contributed by atoms with Gasteiger partial charge in [-0.05, 0) is 16.7 Å². The minimum absolute atomic E-state index is 0.0232. The van der Waals surface area contributed by atoms with Crippen LogP contribution in [0.25, 0.3) is 0 Å². The molecule has 0 bridgehead atoms. The third-order valence-corrected chi connectivity index (χ3v) is 4.44. The van der Waals surface area contributed by atoms with Crippen LogP contribution in [0.4, 0.5) is 0 Å². The first kappa shape index (κ1) is 15.5. The monoisotopic (exact) mass is 307 g/mol. The van der Waals surface area contributed by atoms with E-state index in [0.717, 1.165) is 16.7 Å². The third kappa shape index (κ3) is 3.35. The standard InChI is InChI=1S/C20H21NO2/c1-2-14(15-8-4-3-5-9-15)13-19(23)21-20-17-11-7-6-10-16(17)12-18(20)22/h2-11,14,18,20,22H,1,12-13H2,(H,21,23). The maximum atomic E-state index is 12.4. The highest BCUT2D eigenvalue weighted by atomic mass is 16.3. The first-order valence-corrected chi connectivity index (χ1v) is 7.91. The molecule has 3 heteroatoms. The third-order valence-electron chi connectivity index (χ3n) is 4.44. The van der Waals surface area contributed by atoms with E-state index in [1.165, 1.54) is 0 Å². The summed E-state index contributed by atoms with van der Waals surface area (Å²) in [4.78, 5) is 12.4. The molecule has 118 valence electrons. The molecule has 3 nitrogen and oxygen atoms in total. The molecular weight excluding hydrogens is 286 g/mol. The molecule has 0 saturated heterocycles. The van der Waals surface area contributed by atoms with Gasteiger partial charge >= 0.3 is 0 Å². The second-order valence-electron chi connectivity index (χ2n) is 5.97. The molecule has 0 fully saturated rings. The van der Waals surface area contributed by atoms with Crippen molar-refractivity contribution >= 4 is 5.91 Å². The second-order valence-corrected chi connectivity index (χ2v) is 5.97. The fraction of sp³-hybridized carbons (Fsp3) is 0.250. The minimum Gasteiger partial charge on any atom is -0.390 e. The summed E-state index contributed by atoms with van der Waals surface area (Å²) in [6.07, 6.45) is 2.16. The van der Waals surface area contributed by atoms with Crippen molar-refractivity contribution in [3.05, 3.63) is 83.9 Å². The highest BCUT2D eigenvalue weighted by molar-refractivity contribution is 5.78. The molecule has 2 N–H and O–H groups in total. The van der Waals surface area contributed by atoms with Crippen LogP contribution in [0.3, 0.4) is 0 Å². The van der Waals surface area contributed by atoms with E-state index in [2.05, 4.69) is 11.9 Å². The summed E-state index contributed by atoms with van der Waals surface area (Å²) in [6.45, 7) is 3.84. The summed E-state index contributed by atoms with van der Waals surface area (Å²) in [6, 6.07) is 17.4. The largest absolute Gasteiger partial charge is 0.390 e. The molecule has 3 unspecified atom stereocenters. The van der Waals surface area contributed by atoms with Crippen molar-refractivity contribution < 1.29 is 9.90 Å². The maximum Gasteiger partial charge on any atom is 0.221 e. The van der Waals surface area contributed by atoms with Gasteiger partial charge in [0, 0.05) is 18.8 Å². The molecule has 3 atom stereocenters. The van der Waals surface area contributed by atoms with Gasteiger partial charge in [0.05, 0.1) is 12.1 Å². The lowest BCUT2D eigenvalue weighted by molar-refractivity contribution is -0.122. The van der Waals surface area contributed by atoms with Crippen LogP contribution in [0.5, 0.6) is 0 Å². The van der Waals surface area contributed by atoms with Gasteiger partial charge in [-0.2, -0.15) is 0 Å². The van der Waals surface area contributed by atoms with Crippen LogP contribution in [0.15, 0.2) is 67.3 Å². The maximum absolute atomic E-state index is 12.4. The molecule has 3 rings (SSSR count). The van der Waals surface area contributed by atoms with Crippen molar-refractivity contribution in [1.29, 1.82) is 0 Å².